The average Bonchev–Trinajstić information content (AvgIpc) is 2.53. The second kappa shape index (κ2) is 7.09. The molecule has 0 radical (unpaired) electrons. The zero-order chi connectivity index (χ0) is 15.2. The fourth-order valence-electron chi connectivity index (χ4n) is 1.99. The van der Waals surface area contributed by atoms with Gasteiger partial charge in [-0.15, -0.1) is 0 Å². The van der Waals surface area contributed by atoms with Gasteiger partial charge in [0.15, 0.2) is 0 Å². The van der Waals surface area contributed by atoms with Crippen LogP contribution < -0.4 is 4.74 Å². The zero-order valence-electron chi connectivity index (χ0n) is 11.9. The minimum absolute atomic E-state index is 0.383. The van der Waals surface area contributed by atoms with Gasteiger partial charge in [-0.3, -0.25) is 4.98 Å². The molecule has 5 heteroatoms. The highest BCUT2D eigenvalue weighted by atomic mass is 35.5. The number of aromatic nitrogens is 1. The van der Waals surface area contributed by atoms with Crippen LogP contribution >= 0.6 is 11.6 Å². The van der Waals surface area contributed by atoms with Gasteiger partial charge in [0.05, 0.1) is 19.8 Å². The van der Waals surface area contributed by atoms with Crippen molar-refractivity contribution in [2.45, 2.75) is 12.8 Å². The molecule has 0 N–H and O–H groups in total. The highest BCUT2D eigenvalue weighted by Gasteiger charge is 2.08. The van der Waals surface area contributed by atoms with Gasteiger partial charge in [0.25, 0.3) is 0 Å². The highest BCUT2D eigenvalue weighted by molar-refractivity contribution is 6.31. The van der Waals surface area contributed by atoms with E-state index in [1.54, 1.807) is 25.4 Å². The Morgan fingerprint density at radius 3 is 2.67 bits per heavy atom. The van der Waals surface area contributed by atoms with E-state index in [-0.39, 0.29) is 5.97 Å². The van der Waals surface area contributed by atoms with E-state index in [1.807, 2.05) is 12.1 Å². The summed E-state index contributed by atoms with van der Waals surface area (Å²) in [6.45, 7) is 0. The van der Waals surface area contributed by atoms with Gasteiger partial charge in [-0.05, 0) is 42.2 Å². The number of carbonyl (C=O) groups is 1. The molecule has 0 unspecified atom stereocenters. The van der Waals surface area contributed by atoms with Crippen LogP contribution in [-0.2, 0) is 17.6 Å². The lowest BCUT2D eigenvalue weighted by atomic mass is 10.0. The number of aryl methyl sites for hydroxylation is 2. The number of halogens is 1. The Labute approximate surface area is 128 Å². The number of methoxy groups -OCH3 is 2. The molecule has 0 amide bonds. The maximum Gasteiger partial charge on any atom is 0.339 e. The lowest BCUT2D eigenvalue weighted by molar-refractivity contribution is 0.0600. The van der Waals surface area contributed by atoms with Gasteiger partial charge in [-0.2, -0.15) is 0 Å². The van der Waals surface area contributed by atoms with Gasteiger partial charge in [0, 0.05) is 17.4 Å². The molecule has 0 aliphatic heterocycles. The Morgan fingerprint density at radius 2 is 2.00 bits per heavy atom. The summed E-state index contributed by atoms with van der Waals surface area (Å²) < 4.78 is 9.81. The third kappa shape index (κ3) is 3.95. The van der Waals surface area contributed by atoms with Crippen molar-refractivity contribution in [3.8, 4) is 5.75 Å². The van der Waals surface area contributed by atoms with E-state index in [2.05, 4.69) is 9.72 Å². The smallest absolute Gasteiger partial charge is 0.339 e. The van der Waals surface area contributed by atoms with Gasteiger partial charge in [-0.25, -0.2) is 4.79 Å². The number of hydrogen-bond donors (Lipinski definition) is 0. The molecule has 0 saturated carbocycles. The van der Waals surface area contributed by atoms with Crippen molar-refractivity contribution >= 4 is 17.6 Å². The molecule has 1 heterocycles. The summed E-state index contributed by atoms with van der Waals surface area (Å²) in [6, 6.07) is 7.40. The third-order valence-electron chi connectivity index (χ3n) is 3.16. The molecular formula is C16H16ClNO3. The Kier molecular flexibility index (Phi) is 5.17. The van der Waals surface area contributed by atoms with Crippen LogP contribution in [0.15, 0.2) is 36.7 Å². The quantitative estimate of drug-likeness (QED) is 0.795. The third-order valence-corrected chi connectivity index (χ3v) is 3.51. The van der Waals surface area contributed by atoms with Crippen LogP contribution in [0.2, 0.25) is 5.02 Å². The van der Waals surface area contributed by atoms with E-state index < -0.39 is 0 Å². The predicted molar refractivity (Wildman–Crippen MR) is 81.0 cm³/mol. The van der Waals surface area contributed by atoms with Gasteiger partial charge < -0.3 is 9.47 Å². The van der Waals surface area contributed by atoms with Crippen molar-refractivity contribution in [3.63, 3.8) is 0 Å². The molecule has 1 aromatic heterocycles. The van der Waals surface area contributed by atoms with E-state index in [1.165, 1.54) is 13.3 Å². The Morgan fingerprint density at radius 1 is 1.19 bits per heavy atom. The molecule has 0 fully saturated rings. The summed E-state index contributed by atoms with van der Waals surface area (Å²) in [6.07, 6.45) is 4.73. The van der Waals surface area contributed by atoms with E-state index in [0.29, 0.717) is 10.6 Å². The summed E-state index contributed by atoms with van der Waals surface area (Å²) in [5.41, 5.74) is 2.45. The number of esters is 1. The lowest BCUT2D eigenvalue weighted by Crippen LogP contribution is -2.03. The maximum atomic E-state index is 11.5. The predicted octanol–water partition coefficient (Wildman–Crippen LogP) is 3.32. The SMILES string of the molecule is COC(=O)c1cncc(CCc2ccc(OC)cc2Cl)c1. The first-order valence-corrected chi connectivity index (χ1v) is 6.86. The molecular weight excluding hydrogens is 290 g/mol. The van der Waals surface area contributed by atoms with Crippen LogP contribution in [0.5, 0.6) is 5.75 Å². The molecule has 0 saturated heterocycles. The first kappa shape index (κ1) is 15.3. The summed E-state index contributed by atoms with van der Waals surface area (Å²) in [5.74, 6) is 0.352. The van der Waals surface area contributed by atoms with E-state index in [0.717, 1.165) is 29.7 Å². The first-order valence-electron chi connectivity index (χ1n) is 6.48. The molecule has 0 spiro atoms. The monoisotopic (exact) mass is 305 g/mol. The van der Waals surface area contributed by atoms with Crippen molar-refractivity contribution in [1.82, 2.24) is 4.98 Å². The van der Waals surface area contributed by atoms with Crippen LogP contribution in [0.1, 0.15) is 21.5 Å². The van der Waals surface area contributed by atoms with E-state index >= 15 is 0 Å². The normalized spacial score (nSPS) is 10.2. The fraction of sp³-hybridized carbons (Fsp3) is 0.250. The zero-order valence-corrected chi connectivity index (χ0v) is 12.7. The van der Waals surface area contributed by atoms with Crippen molar-refractivity contribution in [2.24, 2.45) is 0 Å². The Hall–Kier alpha value is -2.07. The minimum atomic E-state index is -0.383. The number of ether oxygens (including phenoxy) is 2. The summed E-state index contributed by atoms with van der Waals surface area (Å²) in [4.78, 5) is 15.5. The average molecular weight is 306 g/mol. The number of pyridine rings is 1. The van der Waals surface area contributed by atoms with Crippen LogP contribution in [0, 0.1) is 0 Å². The molecule has 2 rings (SSSR count). The largest absolute Gasteiger partial charge is 0.497 e. The van der Waals surface area contributed by atoms with E-state index in [9.17, 15) is 4.79 Å². The number of benzene rings is 1. The lowest BCUT2D eigenvalue weighted by Gasteiger charge is -2.07. The molecule has 110 valence electrons. The minimum Gasteiger partial charge on any atom is -0.497 e. The van der Waals surface area contributed by atoms with Gasteiger partial charge in [0.2, 0.25) is 0 Å². The fourth-order valence-corrected chi connectivity index (χ4v) is 2.26. The summed E-state index contributed by atoms with van der Waals surface area (Å²) in [7, 11) is 2.96. The Balaban J connectivity index is 2.08. The van der Waals surface area contributed by atoms with E-state index in [4.69, 9.17) is 16.3 Å². The summed E-state index contributed by atoms with van der Waals surface area (Å²) in [5, 5.41) is 0.673. The first-order chi connectivity index (χ1) is 10.1. The molecule has 21 heavy (non-hydrogen) atoms. The molecule has 0 atom stereocenters. The van der Waals surface area contributed by atoms with Gasteiger partial charge in [-0.1, -0.05) is 17.7 Å². The van der Waals surface area contributed by atoms with Crippen LogP contribution in [0.3, 0.4) is 0 Å². The number of carbonyl (C=O) groups excluding carboxylic acids is 1. The highest BCUT2D eigenvalue weighted by Crippen LogP contribution is 2.23. The number of hydrogen-bond acceptors (Lipinski definition) is 4. The number of rotatable bonds is 5. The molecule has 1 aromatic carbocycles. The van der Waals surface area contributed by atoms with Crippen LogP contribution in [0.25, 0.3) is 0 Å². The van der Waals surface area contributed by atoms with Gasteiger partial charge >= 0.3 is 5.97 Å². The summed E-state index contributed by atoms with van der Waals surface area (Å²) >= 11 is 6.21. The Bertz CT molecular complexity index is 643. The van der Waals surface area contributed by atoms with Gasteiger partial charge in [0.1, 0.15) is 5.75 Å². The standard InChI is InChI=1S/C16H16ClNO3/c1-20-14-6-5-12(15(17)8-14)4-3-11-7-13(10-18-9-11)16(19)21-2/h5-10H,3-4H2,1-2H3. The molecule has 0 bridgehead atoms. The molecule has 0 aliphatic rings. The second-order valence-corrected chi connectivity index (χ2v) is 4.94. The molecule has 4 nitrogen and oxygen atoms in total. The van der Waals surface area contributed by atoms with Crippen LogP contribution in [0.4, 0.5) is 0 Å². The molecule has 0 aliphatic carbocycles. The second-order valence-electron chi connectivity index (χ2n) is 4.53. The molecule has 2 aromatic rings. The maximum absolute atomic E-state index is 11.5. The van der Waals surface area contributed by atoms with Crippen molar-refractivity contribution in [3.05, 3.63) is 58.4 Å². The van der Waals surface area contributed by atoms with Crippen molar-refractivity contribution in [2.75, 3.05) is 14.2 Å². The van der Waals surface area contributed by atoms with Crippen LogP contribution in [-0.4, -0.2) is 25.2 Å². The topological polar surface area (TPSA) is 48.4 Å². The number of nitrogens with zero attached hydrogens (tertiary/aromatic N) is 1. The van der Waals surface area contributed by atoms with Crippen molar-refractivity contribution in [1.29, 1.82) is 0 Å². The van der Waals surface area contributed by atoms with Crippen molar-refractivity contribution < 1.29 is 14.3 Å².